The van der Waals surface area contributed by atoms with Crippen LogP contribution in [0.1, 0.15) is 100 Å². The molecule has 0 spiro atoms. The summed E-state index contributed by atoms with van der Waals surface area (Å²) in [5.74, 6) is -2.73. The van der Waals surface area contributed by atoms with E-state index in [0.717, 1.165) is 38.3 Å². The maximum atomic E-state index is 16.2. The molecule has 6 aromatic rings. The van der Waals surface area contributed by atoms with Crippen LogP contribution >= 0.6 is 46.1 Å². The average Bonchev–Trinajstić information content (AvgIpc) is 3.08. The number of rotatable bonds is 25. The van der Waals surface area contributed by atoms with Crippen LogP contribution in [-0.4, -0.2) is 123 Å². The molecule has 1 fully saturated rings. The molecule has 0 unspecified atom stereocenters. The number of amides is 3. The van der Waals surface area contributed by atoms with Crippen LogP contribution in [0.3, 0.4) is 0 Å². The number of nitrogens with zero attached hydrogens (tertiary/aromatic N) is 5. The number of hydrogen-bond acceptors (Lipinski definition) is 14. The summed E-state index contributed by atoms with van der Waals surface area (Å²) >= 11 is 20.4. The van der Waals surface area contributed by atoms with Crippen LogP contribution < -0.4 is 26.0 Å². The van der Waals surface area contributed by atoms with E-state index in [1.165, 1.54) is 55.6 Å². The van der Waals surface area contributed by atoms with Crippen molar-refractivity contribution in [2.24, 2.45) is 10.4 Å². The lowest BCUT2D eigenvalue weighted by molar-refractivity contribution is -0.121. The van der Waals surface area contributed by atoms with Gasteiger partial charge in [-0.2, -0.15) is 5.26 Å². The van der Waals surface area contributed by atoms with Gasteiger partial charge in [-0.25, -0.2) is 8.78 Å². The molecule has 83 heavy (non-hydrogen) atoms. The van der Waals surface area contributed by atoms with Gasteiger partial charge < -0.3 is 45.0 Å². The number of halogens is 5. The number of carbonyl (C=O) groups excluding carboxylic acids is 3. The van der Waals surface area contributed by atoms with Gasteiger partial charge in [-0.15, -0.1) is 21.5 Å². The SMILES string of the molecule is COc1cc(C(=O)NCCOCCOCCOCCOCCNC(=O)C[C@@H]2N=C(c3ccc(Cl)cc3)c3c(sc(C)c3C)-n3c(C)nnc32)ccc1NC(=O)[C@H]1N[C@H](CC(C)(C)C)[C@@](C#N)(c2ccc(Cl)cc2F)[C@@H]1c1cccc(Cl)c1F. The summed E-state index contributed by atoms with van der Waals surface area (Å²) in [7, 11) is 1.38. The third-order valence-electron chi connectivity index (χ3n) is 14.4. The monoisotopic (exact) mass is 1220 g/mol. The normalized spacial score (nSPS) is 18.4. The van der Waals surface area contributed by atoms with Crippen LogP contribution in [0, 0.1) is 49.2 Å². The van der Waals surface area contributed by atoms with Gasteiger partial charge in [0.2, 0.25) is 11.8 Å². The second kappa shape index (κ2) is 28.0. The molecule has 2 aromatic heterocycles. The smallest absolute Gasteiger partial charge is 0.251 e. The molecule has 4 heterocycles. The van der Waals surface area contributed by atoms with Gasteiger partial charge in [0.25, 0.3) is 5.91 Å². The first-order valence-corrected chi connectivity index (χ1v) is 29.0. The Morgan fingerprint density at radius 1 is 0.831 bits per heavy atom. The fraction of sp³-hybridized carbons (Fsp3) is 0.417. The molecule has 3 amide bonds. The van der Waals surface area contributed by atoms with Gasteiger partial charge in [-0.05, 0) is 92.3 Å². The zero-order valence-electron chi connectivity index (χ0n) is 47.1. The van der Waals surface area contributed by atoms with E-state index in [0.29, 0.717) is 62.9 Å². The molecule has 2 aliphatic rings. The topological polar surface area (TPSA) is 212 Å². The fourth-order valence-corrected chi connectivity index (χ4v) is 12.1. The standard InChI is InChI=1S/C60H66Cl3F2N9O8S/c1-34-35(2)83-58-50(34)53(37-11-14-39(61)15-12-37)69-46(55-73-72-36(3)74(55)58)31-49(75)67-19-21-79-23-25-81-27-28-82-26-24-80-22-20-68-56(76)38-13-18-45(47(29-38)78-7)70-57(77)54-51(41-9-8-10-43(63)52(41)65)60(33-66,48(71-54)32-59(4,5)6)42-17-16-40(62)30-44(42)64/h8-18,29-30,46,48,51,54,71H,19-28,31-32H2,1-7H3,(H,67,75)(H,68,76)(H,70,77)/t46-,48+,51+,54-,60+/m0/s1. The molecule has 1 saturated heterocycles. The van der Waals surface area contributed by atoms with E-state index in [1.54, 1.807) is 11.3 Å². The Morgan fingerprint density at radius 2 is 1.48 bits per heavy atom. The van der Waals surface area contributed by atoms with Crippen molar-refractivity contribution in [1.82, 2.24) is 30.7 Å². The van der Waals surface area contributed by atoms with Crippen LogP contribution in [0.2, 0.25) is 15.1 Å². The Bertz CT molecular complexity index is 3390. The van der Waals surface area contributed by atoms with Gasteiger partial charge in [-0.1, -0.05) is 85.9 Å². The van der Waals surface area contributed by atoms with Crippen LogP contribution in [-0.2, 0) is 34.0 Å². The lowest BCUT2D eigenvalue weighted by Crippen LogP contribution is -2.45. The zero-order valence-corrected chi connectivity index (χ0v) is 50.2. The lowest BCUT2D eigenvalue weighted by atomic mass is 9.62. The van der Waals surface area contributed by atoms with Crippen molar-refractivity contribution in [3.05, 3.63) is 155 Å². The minimum Gasteiger partial charge on any atom is -0.495 e. The highest BCUT2D eigenvalue weighted by Crippen LogP contribution is 2.53. The Morgan fingerprint density at radius 3 is 2.12 bits per heavy atom. The molecular formula is C60H66Cl3F2N9O8S. The summed E-state index contributed by atoms with van der Waals surface area (Å²) in [6.07, 6.45) is 0.357. The molecule has 440 valence electrons. The summed E-state index contributed by atoms with van der Waals surface area (Å²) in [6, 6.07) is 19.9. The van der Waals surface area contributed by atoms with E-state index >= 15 is 8.78 Å². The summed E-state index contributed by atoms with van der Waals surface area (Å²) in [4.78, 5) is 47.3. The number of aliphatic imine (C=N–C) groups is 1. The van der Waals surface area contributed by atoms with Crippen molar-refractivity contribution < 1.29 is 46.8 Å². The van der Waals surface area contributed by atoms with Gasteiger partial charge in [-0.3, -0.25) is 23.9 Å². The van der Waals surface area contributed by atoms with Crippen molar-refractivity contribution in [1.29, 1.82) is 5.26 Å². The molecule has 17 nitrogen and oxygen atoms in total. The molecule has 8 rings (SSSR count). The first-order valence-electron chi connectivity index (χ1n) is 27.0. The third kappa shape index (κ3) is 14.6. The molecule has 4 N–H and O–H groups in total. The Hall–Kier alpha value is -6.38. The number of anilines is 1. The molecule has 0 saturated carbocycles. The predicted molar refractivity (Wildman–Crippen MR) is 316 cm³/mol. The van der Waals surface area contributed by atoms with Gasteiger partial charge >= 0.3 is 0 Å². The molecule has 23 heteroatoms. The molecule has 2 aliphatic heterocycles. The number of methoxy groups -OCH3 is 1. The van der Waals surface area contributed by atoms with E-state index in [-0.39, 0.29) is 76.7 Å². The van der Waals surface area contributed by atoms with E-state index in [1.807, 2.05) is 56.5 Å². The van der Waals surface area contributed by atoms with Gasteiger partial charge in [0.05, 0.1) is 94.9 Å². The molecule has 0 radical (unpaired) electrons. The number of ether oxygens (including phenoxy) is 5. The van der Waals surface area contributed by atoms with Crippen LogP contribution in [0.15, 0.2) is 83.9 Å². The van der Waals surface area contributed by atoms with Crippen molar-refractivity contribution in [3.8, 4) is 16.8 Å². The number of benzene rings is 4. The molecule has 0 aliphatic carbocycles. The second-order valence-corrected chi connectivity index (χ2v) is 23.7. The van der Waals surface area contributed by atoms with Gasteiger partial charge in [0.15, 0.2) is 5.82 Å². The maximum absolute atomic E-state index is 16.2. The van der Waals surface area contributed by atoms with Crippen LogP contribution in [0.25, 0.3) is 5.00 Å². The van der Waals surface area contributed by atoms with Crippen molar-refractivity contribution in [3.63, 3.8) is 0 Å². The maximum Gasteiger partial charge on any atom is 0.251 e. The van der Waals surface area contributed by atoms with Crippen molar-refractivity contribution in [2.45, 2.75) is 83.8 Å². The fourth-order valence-electron chi connectivity index (χ4n) is 10.4. The molecule has 0 bridgehead atoms. The summed E-state index contributed by atoms with van der Waals surface area (Å²) in [5, 5.41) is 33.4. The minimum absolute atomic E-state index is 0.0491. The number of aromatic nitrogens is 3. The highest BCUT2D eigenvalue weighted by atomic mass is 35.5. The largest absolute Gasteiger partial charge is 0.495 e. The molecular weight excluding hydrogens is 1150 g/mol. The van der Waals surface area contributed by atoms with E-state index < -0.39 is 58.3 Å². The van der Waals surface area contributed by atoms with Gasteiger partial charge in [0.1, 0.15) is 39.7 Å². The number of thiophene rings is 1. The summed E-state index contributed by atoms with van der Waals surface area (Å²) in [6.45, 7) is 14.8. The van der Waals surface area contributed by atoms with Crippen LogP contribution in [0.5, 0.6) is 5.75 Å². The van der Waals surface area contributed by atoms with E-state index in [9.17, 15) is 19.6 Å². The third-order valence-corrected chi connectivity index (χ3v) is 16.4. The quantitative estimate of drug-likeness (QED) is 0.0394. The Labute approximate surface area is 500 Å². The number of fused-ring (bicyclic) bond motifs is 3. The Balaban J connectivity index is 0.733. The Kier molecular flexibility index (Phi) is 21.1. The highest BCUT2D eigenvalue weighted by Gasteiger charge is 2.61. The summed E-state index contributed by atoms with van der Waals surface area (Å²) in [5.41, 5.74) is 1.85. The van der Waals surface area contributed by atoms with E-state index in [4.69, 9.17) is 63.5 Å². The number of aryl methyl sites for hydroxylation is 2. The number of nitriles is 1. The summed E-state index contributed by atoms with van der Waals surface area (Å²) < 4.78 is 62.4. The number of carbonyl (C=O) groups is 3. The van der Waals surface area contributed by atoms with Crippen molar-refractivity contribution >= 4 is 75.3 Å². The first-order chi connectivity index (χ1) is 39.8. The molecule has 4 aromatic carbocycles. The number of nitrogens with one attached hydrogen (secondary N) is 4. The minimum atomic E-state index is -1.82. The lowest BCUT2D eigenvalue weighted by Gasteiger charge is -2.37. The molecule has 5 atom stereocenters. The second-order valence-electron chi connectivity index (χ2n) is 21.3. The predicted octanol–water partition coefficient (Wildman–Crippen LogP) is 10.4. The van der Waals surface area contributed by atoms with Gasteiger partial charge in [0, 0.05) is 62.2 Å². The zero-order chi connectivity index (χ0) is 59.6. The van der Waals surface area contributed by atoms with Crippen molar-refractivity contribution in [2.75, 3.05) is 78.4 Å². The number of hydrogen-bond donors (Lipinski definition) is 4. The van der Waals surface area contributed by atoms with E-state index in [2.05, 4.69) is 51.4 Å². The first kappa shape index (κ1) is 62.7. The van der Waals surface area contributed by atoms with Crippen LogP contribution in [0.4, 0.5) is 14.5 Å². The highest BCUT2D eigenvalue weighted by molar-refractivity contribution is 7.15. The average molecular weight is 1220 g/mol.